The van der Waals surface area contributed by atoms with Gasteiger partial charge in [0.05, 0.1) is 6.61 Å². The molecule has 2 atom stereocenters. The molecule has 1 N–H and O–H groups in total. The van der Waals surface area contributed by atoms with Crippen molar-refractivity contribution < 1.29 is 9.47 Å². The minimum absolute atomic E-state index is 0. The van der Waals surface area contributed by atoms with Gasteiger partial charge in [-0.25, -0.2) is 0 Å². The maximum absolute atomic E-state index is 6.09. The number of benzene rings is 2. The summed E-state index contributed by atoms with van der Waals surface area (Å²) in [5.74, 6) is 2.25. The summed E-state index contributed by atoms with van der Waals surface area (Å²) in [5, 5.41) is 3.46. The van der Waals surface area contributed by atoms with Gasteiger partial charge in [0.2, 0.25) is 0 Å². The Morgan fingerprint density at radius 3 is 2.27 bits per heavy atom. The van der Waals surface area contributed by atoms with Crippen LogP contribution in [0.5, 0.6) is 11.5 Å². The standard InChI is InChI=1S/C24H34N2O2.2ClH/c1-4-19(3)24(26-15-13-25-14-16-26)21-11-12-22(23(17-21)27-5-2)28-18-20-9-7-6-8-10-20;;/h6-12,17,19,24-25H,4-5,13-16,18H2,1-3H3;2*1H/t19?,24-;;/m1../s1. The van der Waals surface area contributed by atoms with Crippen LogP contribution in [0.4, 0.5) is 0 Å². The molecule has 2 aromatic rings. The highest BCUT2D eigenvalue weighted by molar-refractivity contribution is 5.85. The minimum atomic E-state index is 0. The van der Waals surface area contributed by atoms with Gasteiger partial charge < -0.3 is 14.8 Å². The number of piperazine rings is 1. The Morgan fingerprint density at radius 2 is 1.63 bits per heavy atom. The fourth-order valence-corrected chi connectivity index (χ4v) is 3.91. The van der Waals surface area contributed by atoms with E-state index in [2.05, 4.69) is 54.4 Å². The molecule has 0 amide bonds. The topological polar surface area (TPSA) is 33.7 Å². The minimum Gasteiger partial charge on any atom is -0.490 e. The fourth-order valence-electron chi connectivity index (χ4n) is 3.91. The summed E-state index contributed by atoms with van der Waals surface area (Å²) < 4.78 is 12.1. The maximum Gasteiger partial charge on any atom is 0.161 e. The molecule has 1 aliphatic heterocycles. The molecule has 30 heavy (non-hydrogen) atoms. The van der Waals surface area contributed by atoms with Gasteiger partial charge in [-0.3, -0.25) is 4.90 Å². The van der Waals surface area contributed by atoms with Crippen molar-refractivity contribution in [2.24, 2.45) is 5.92 Å². The summed E-state index contributed by atoms with van der Waals surface area (Å²) in [6.07, 6.45) is 1.16. The summed E-state index contributed by atoms with van der Waals surface area (Å²) in [7, 11) is 0. The van der Waals surface area contributed by atoms with Crippen molar-refractivity contribution in [3.63, 3.8) is 0 Å². The van der Waals surface area contributed by atoms with E-state index >= 15 is 0 Å². The number of ether oxygens (including phenoxy) is 2. The summed E-state index contributed by atoms with van der Waals surface area (Å²) in [5.41, 5.74) is 2.49. The third kappa shape index (κ3) is 7.05. The molecule has 0 bridgehead atoms. The van der Waals surface area contributed by atoms with E-state index in [4.69, 9.17) is 9.47 Å². The summed E-state index contributed by atoms with van der Waals surface area (Å²) in [6, 6.07) is 17.2. The lowest BCUT2D eigenvalue weighted by molar-refractivity contribution is 0.128. The van der Waals surface area contributed by atoms with Crippen LogP contribution in [0, 0.1) is 5.92 Å². The number of hydrogen-bond donors (Lipinski definition) is 1. The lowest BCUT2D eigenvalue weighted by atomic mass is 9.90. The number of halogens is 2. The van der Waals surface area contributed by atoms with Crippen molar-refractivity contribution in [2.75, 3.05) is 32.8 Å². The Morgan fingerprint density at radius 1 is 0.933 bits per heavy atom. The van der Waals surface area contributed by atoms with Gasteiger partial charge in [-0.1, -0.05) is 56.7 Å². The van der Waals surface area contributed by atoms with E-state index in [1.54, 1.807) is 0 Å². The van der Waals surface area contributed by atoms with Crippen LogP contribution in [-0.4, -0.2) is 37.7 Å². The molecule has 1 fully saturated rings. The Labute approximate surface area is 194 Å². The molecule has 1 heterocycles. The molecule has 168 valence electrons. The van der Waals surface area contributed by atoms with Gasteiger partial charge >= 0.3 is 0 Å². The highest BCUT2D eigenvalue weighted by Crippen LogP contribution is 2.37. The number of nitrogens with one attached hydrogen (secondary N) is 1. The molecule has 2 aromatic carbocycles. The average Bonchev–Trinajstić information content (AvgIpc) is 2.75. The molecular weight excluding hydrogens is 419 g/mol. The van der Waals surface area contributed by atoms with Crippen LogP contribution in [-0.2, 0) is 6.61 Å². The van der Waals surface area contributed by atoms with Crippen molar-refractivity contribution in [2.45, 2.75) is 39.8 Å². The van der Waals surface area contributed by atoms with Gasteiger partial charge in [0, 0.05) is 32.2 Å². The van der Waals surface area contributed by atoms with E-state index in [-0.39, 0.29) is 24.8 Å². The van der Waals surface area contributed by atoms with Gasteiger partial charge in [0.25, 0.3) is 0 Å². The zero-order valence-corrected chi connectivity index (χ0v) is 19.9. The summed E-state index contributed by atoms with van der Waals surface area (Å²) in [4.78, 5) is 2.61. The fraction of sp³-hybridized carbons (Fsp3) is 0.500. The molecular formula is C24H36Cl2N2O2. The highest BCUT2D eigenvalue weighted by atomic mass is 35.5. The lowest BCUT2D eigenvalue weighted by Gasteiger charge is -2.38. The monoisotopic (exact) mass is 454 g/mol. The first kappa shape index (κ1) is 26.6. The molecule has 0 spiro atoms. The van der Waals surface area contributed by atoms with Crippen LogP contribution in [0.15, 0.2) is 48.5 Å². The Hall–Kier alpha value is -1.46. The van der Waals surface area contributed by atoms with Crippen LogP contribution in [0.2, 0.25) is 0 Å². The molecule has 1 unspecified atom stereocenters. The van der Waals surface area contributed by atoms with E-state index in [0.29, 0.717) is 25.2 Å². The quantitative estimate of drug-likeness (QED) is 0.542. The van der Waals surface area contributed by atoms with Crippen LogP contribution in [0.25, 0.3) is 0 Å². The summed E-state index contributed by atoms with van der Waals surface area (Å²) >= 11 is 0. The number of nitrogens with zero attached hydrogens (tertiary/aromatic N) is 1. The predicted octanol–water partition coefficient (Wildman–Crippen LogP) is 5.50. The van der Waals surface area contributed by atoms with Crippen LogP contribution < -0.4 is 14.8 Å². The van der Waals surface area contributed by atoms with E-state index in [0.717, 1.165) is 49.7 Å². The van der Waals surface area contributed by atoms with Crippen LogP contribution >= 0.6 is 24.8 Å². The number of hydrogen-bond acceptors (Lipinski definition) is 4. The Kier molecular flexibility index (Phi) is 12.2. The van der Waals surface area contributed by atoms with Crippen LogP contribution in [0.3, 0.4) is 0 Å². The second-order valence-electron chi connectivity index (χ2n) is 7.53. The van der Waals surface area contributed by atoms with Gasteiger partial charge in [-0.2, -0.15) is 0 Å². The van der Waals surface area contributed by atoms with Crippen molar-refractivity contribution in [1.29, 1.82) is 0 Å². The molecule has 1 saturated heterocycles. The first-order valence-electron chi connectivity index (χ1n) is 10.6. The third-order valence-corrected chi connectivity index (χ3v) is 5.57. The van der Waals surface area contributed by atoms with Crippen molar-refractivity contribution in [3.8, 4) is 11.5 Å². The summed E-state index contributed by atoms with van der Waals surface area (Å²) in [6.45, 7) is 12.1. The molecule has 6 heteroatoms. The van der Waals surface area contributed by atoms with E-state index in [9.17, 15) is 0 Å². The average molecular weight is 455 g/mol. The largest absolute Gasteiger partial charge is 0.490 e. The number of rotatable bonds is 9. The van der Waals surface area contributed by atoms with Crippen molar-refractivity contribution in [3.05, 3.63) is 59.7 Å². The lowest BCUT2D eigenvalue weighted by Crippen LogP contribution is -2.46. The van der Waals surface area contributed by atoms with E-state index in [1.165, 1.54) is 5.56 Å². The second kappa shape index (κ2) is 13.8. The van der Waals surface area contributed by atoms with Gasteiger partial charge in [-0.15, -0.1) is 24.8 Å². The normalized spacial score (nSPS) is 16.0. The van der Waals surface area contributed by atoms with E-state index in [1.807, 2.05) is 25.1 Å². The smallest absolute Gasteiger partial charge is 0.161 e. The van der Waals surface area contributed by atoms with E-state index < -0.39 is 0 Å². The first-order valence-corrected chi connectivity index (χ1v) is 10.6. The Balaban J connectivity index is 0.00000225. The highest BCUT2D eigenvalue weighted by Gasteiger charge is 2.27. The molecule has 0 aliphatic carbocycles. The zero-order chi connectivity index (χ0) is 19.8. The first-order chi connectivity index (χ1) is 13.7. The van der Waals surface area contributed by atoms with Gasteiger partial charge in [0.1, 0.15) is 6.61 Å². The Bertz CT molecular complexity index is 724. The SMILES string of the molecule is CCOc1cc([C@@H](C(C)CC)N2CCNCC2)ccc1OCc1ccccc1.Cl.Cl. The molecule has 0 radical (unpaired) electrons. The third-order valence-electron chi connectivity index (χ3n) is 5.57. The van der Waals surface area contributed by atoms with Crippen LogP contribution in [0.1, 0.15) is 44.4 Å². The zero-order valence-electron chi connectivity index (χ0n) is 18.3. The van der Waals surface area contributed by atoms with Crippen molar-refractivity contribution in [1.82, 2.24) is 10.2 Å². The van der Waals surface area contributed by atoms with Gasteiger partial charge in [0.15, 0.2) is 11.5 Å². The molecule has 0 saturated carbocycles. The van der Waals surface area contributed by atoms with Gasteiger partial charge in [-0.05, 0) is 36.1 Å². The molecule has 3 rings (SSSR count). The molecule has 0 aromatic heterocycles. The molecule has 1 aliphatic rings. The van der Waals surface area contributed by atoms with Crippen molar-refractivity contribution >= 4 is 24.8 Å². The molecule has 4 nitrogen and oxygen atoms in total. The predicted molar refractivity (Wildman–Crippen MR) is 130 cm³/mol. The maximum atomic E-state index is 6.09. The second-order valence-corrected chi connectivity index (χ2v) is 7.53.